The molecule has 110 valence electrons. The van der Waals surface area contributed by atoms with Crippen LogP contribution >= 0.6 is 0 Å². The van der Waals surface area contributed by atoms with Crippen LogP contribution in [0, 0.1) is 0 Å². The summed E-state index contributed by atoms with van der Waals surface area (Å²) < 4.78 is 11.2. The van der Waals surface area contributed by atoms with Crippen molar-refractivity contribution in [2.24, 2.45) is 0 Å². The molecule has 1 N–H and O–H groups in total. The first-order chi connectivity index (χ1) is 10.2. The molecule has 3 rings (SSSR count). The topological polar surface area (TPSA) is 43.4 Å². The van der Waals surface area contributed by atoms with Crippen molar-refractivity contribution in [2.45, 2.75) is 25.9 Å². The predicted molar refractivity (Wildman–Crippen MR) is 81.6 cm³/mol. The average molecular weight is 284 g/mol. The Kier molecular flexibility index (Phi) is 4.06. The van der Waals surface area contributed by atoms with Crippen molar-refractivity contribution < 1.29 is 9.47 Å². The summed E-state index contributed by atoms with van der Waals surface area (Å²) in [4.78, 5) is 4.39. The van der Waals surface area contributed by atoms with E-state index in [9.17, 15) is 0 Å². The number of pyridine rings is 1. The number of ether oxygens (including phenoxy) is 2. The second-order valence-corrected chi connectivity index (χ2v) is 5.27. The third-order valence-corrected chi connectivity index (χ3v) is 3.70. The highest BCUT2D eigenvalue weighted by atomic mass is 16.6. The highest BCUT2D eigenvalue weighted by molar-refractivity contribution is 5.44. The van der Waals surface area contributed by atoms with Gasteiger partial charge in [-0.1, -0.05) is 12.1 Å². The molecule has 2 aromatic rings. The first kappa shape index (κ1) is 13.9. The van der Waals surface area contributed by atoms with Gasteiger partial charge in [0.25, 0.3) is 0 Å². The van der Waals surface area contributed by atoms with E-state index < -0.39 is 0 Å². The molecule has 0 saturated carbocycles. The van der Waals surface area contributed by atoms with Crippen LogP contribution in [0.15, 0.2) is 42.6 Å². The fourth-order valence-corrected chi connectivity index (χ4v) is 2.52. The summed E-state index contributed by atoms with van der Waals surface area (Å²) in [5.41, 5.74) is 2.23. The van der Waals surface area contributed by atoms with Crippen LogP contribution in [-0.2, 0) is 0 Å². The van der Waals surface area contributed by atoms with Crippen LogP contribution in [-0.4, -0.2) is 18.2 Å². The molecule has 21 heavy (non-hydrogen) atoms. The number of hydrogen-bond donors (Lipinski definition) is 1. The molecule has 1 aliphatic heterocycles. The second-order valence-electron chi connectivity index (χ2n) is 5.27. The molecule has 0 radical (unpaired) electrons. The lowest BCUT2D eigenvalue weighted by Gasteiger charge is -2.23. The predicted octanol–water partition coefficient (Wildman–Crippen LogP) is 3.26. The van der Waals surface area contributed by atoms with Crippen molar-refractivity contribution in [1.29, 1.82) is 0 Å². The Morgan fingerprint density at radius 3 is 2.57 bits per heavy atom. The lowest BCUT2D eigenvalue weighted by molar-refractivity contribution is 0.171. The van der Waals surface area contributed by atoms with E-state index in [0.29, 0.717) is 13.2 Å². The minimum Gasteiger partial charge on any atom is -0.486 e. The molecule has 4 nitrogen and oxygen atoms in total. The fourth-order valence-electron chi connectivity index (χ4n) is 2.52. The van der Waals surface area contributed by atoms with Crippen LogP contribution < -0.4 is 14.8 Å². The zero-order chi connectivity index (χ0) is 14.7. The fraction of sp³-hybridized carbons (Fsp3) is 0.353. The van der Waals surface area contributed by atoms with E-state index in [1.54, 1.807) is 0 Å². The monoisotopic (exact) mass is 284 g/mol. The smallest absolute Gasteiger partial charge is 0.161 e. The summed E-state index contributed by atoms with van der Waals surface area (Å²) in [6.07, 6.45) is 1.82. The van der Waals surface area contributed by atoms with Gasteiger partial charge in [0.1, 0.15) is 13.2 Å². The van der Waals surface area contributed by atoms with Crippen molar-refractivity contribution in [1.82, 2.24) is 10.3 Å². The van der Waals surface area contributed by atoms with Crippen LogP contribution in [0.4, 0.5) is 0 Å². The van der Waals surface area contributed by atoms with Gasteiger partial charge in [-0.25, -0.2) is 0 Å². The van der Waals surface area contributed by atoms with E-state index >= 15 is 0 Å². The number of aromatic nitrogens is 1. The van der Waals surface area contributed by atoms with Gasteiger partial charge in [0.05, 0.1) is 5.69 Å². The summed E-state index contributed by atoms with van der Waals surface area (Å²) in [6, 6.07) is 12.5. The third-order valence-electron chi connectivity index (χ3n) is 3.70. The molecular formula is C17H20N2O2. The lowest BCUT2D eigenvalue weighted by atomic mass is 10.1. The molecule has 0 spiro atoms. The summed E-state index contributed by atoms with van der Waals surface area (Å²) in [5, 5.41) is 3.56. The quantitative estimate of drug-likeness (QED) is 0.936. The van der Waals surface area contributed by atoms with Crippen LogP contribution in [0.3, 0.4) is 0 Å². The summed E-state index contributed by atoms with van der Waals surface area (Å²) in [5.74, 6) is 1.66. The van der Waals surface area contributed by atoms with Crippen molar-refractivity contribution in [3.05, 3.63) is 53.9 Å². The van der Waals surface area contributed by atoms with Crippen LogP contribution in [0.1, 0.15) is 37.2 Å². The molecule has 0 fully saturated rings. The van der Waals surface area contributed by atoms with E-state index in [1.165, 1.54) is 5.56 Å². The highest BCUT2D eigenvalue weighted by Gasteiger charge is 2.16. The molecule has 0 saturated heterocycles. The first-order valence-corrected chi connectivity index (χ1v) is 7.30. The molecule has 4 heteroatoms. The van der Waals surface area contributed by atoms with Gasteiger partial charge < -0.3 is 14.8 Å². The maximum Gasteiger partial charge on any atom is 0.161 e. The largest absolute Gasteiger partial charge is 0.486 e. The molecule has 2 heterocycles. The Hall–Kier alpha value is -2.07. The Morgan fingerprint density at radius 1 is 1.00 bits per heavy atom. The number of benzene rings is 1. The van der Waals surface area contributed by atoms with Gasteiger partial charge in [-0.15, -0.1) is 0 Å². The summed E-state index contributed by atoms with van der Waals surface area (Å²) >= 11 is 0. The Balaban J connectivity index is 1.72. The van der Waals surface area contributed by atoms with Gasteiger partial charge in [-0.2, -0.15) is 0 Å². The Morgan fingerprint density at radius 2 is 1.81 bits per heavy atom. The number of nitrogens with zero attached hydrogens (tertiary/aromatic N) is 1. The zero-order valence-electron chi connectivity index (χ0n) is 12.4. The zero-order valence-corrected chi connectivity index (χ0v) is 12.4. The van der Waals surface area contributed by atoms with Crippen molar-refractivity contribution >= 4 is 0 Å². The first-order valence-electron chi connectivity index (χ1n) is 7.30. The van der Waals surface area contributed by atoms with E-state index in [0.717, 1.165) is 17.2 Å². The van der Waals surface area contributed by atoms with E-state index in [2.05, 4.69) is 36.3 Å². The third kappa shape index (κ3) is 3.16. The van der Waals surface area contributed by atoms with Gasteiger partial charge >= 0.3 is 0 Å². The average Bonchev–Trinajstić information content (AvgIpc) is 2.55. The van der Waals surface area contributed by atoms with E-state index in [1.807, 2.05) is 30.5 Å². The van der Waals surface area contributed by atoms with Crippen LogP contribution in [0.2, 0.25) is 0 Å². The number of rotatable bonds is 4. The van der Waals surface area contributed by atoms with Gasteiger partial charge in [0.15, 0.2) is 11.5 Å². The molecule has 0 aliphatic carbocycles. The van der Waals surface area contributed by atoms with Gasteiger partial charge in [-0.3, -0.25) is 4.98 Å². The minimum absolute atomic E-state index is 0.189. The normalized spacial score (nSPS) is 16.3. The van der Waals surface area contributed by atoms with E-state index in [-0.39, 0.29) is 12.1 Å². The maximum absolute atomic E-state index is 5.64. The van der Waals surface area contributed by atoms with Crippen LogP contribution in [0.25, 0.3) is 0 Å². The SMILES string of the molecule is CC(N[C@H](C)c1ccccn1)c1ccc2c(c1)OCCO2. The molecular weight excluding hydrogens is 264 g/mol. The van der Waals surface area contributed by atoms with Crippen molar-refractivity contribution in [3.8, 4) is 11.5 Å². The molecule has 0 bridgehead atoms. The van der Waals surface area contributed by atoms with Crippen molar-refractivity contribution in [3.63, 3.8) is 0 Å². The van der Waals surface area contributed by atoms with Crippen molar-refractivity contribution in [2.75, 3.05) is 13.2 Å². The molecule has 1 aliphatic rings. The lowest BCUT2D eigenvalue weighted by Crippen LogP contribution is -2.23. The standard InChI is InChI=1S/C17H20N2O2/c1-12(19-13(2)15-5-3-4-8-18-15)14-6-7-16-17(11-14)21-10-9-20-16/h3-8,11-13,19H,9-10H2,1-2H3/t12?,13-/m1/s1. The van der Waals surface area contributed by atoms with E-state index in [4.69, 9.17) is 9.47 Å². The Bertz CT molecular complexity index is 601. The molecule has 1 aromatic carbocycles. The highest BCUT2D eigenvalue weighted by Crippen LogP contribution is 2.33. The minimum atomic E-state index is 0.189. The maximum atomic E-state index is 5.64. The van der Waals surface area contributed by atoms with Gasteiger partial charge in [0, 0.05) is 18.3 Å². The molecule has 0 amide bonds. The number of nitrogens with one attached hydrogen (secondary N) is 1. The number of hydrogen-bond acceptors (Lipinski definition) is 4. The molecule has 1 unspecified atom stereocenters. The molecule has 1 aromatic heterocycles. The molecule has 2 atom stereocenters. The second kappa shape index (κ2) is 6.14. The van der Waals surface area contributed by atoms with Gasteiger partial charge in [-0.05, 0) is 43.7 Å². The Labute approximate surface area is 125 Å². The van der Waals surface area contributed by atoms with Gasteiger partial charge in [0.2, 0.25) is 0 Å². The number of fused-ring (bicyclic) bond motifs is 1. The summed E-state index contributed by atoms with van der Waals surface area (Å²) in [7, 11) is 0. The van der Waals surface area contributed by atoms with Crippen LogP contribution in [0.5, 0.6) is 11.5 Å². The summed E-state index contributed by atoms with van der Waals surface area (Å²) in [6.45, 7) is 5.50.